The number of hydrogen-bond acceptors (Lipinski definition) is 4. The normalized spacial score (nSPS) is 12.8. The second-order valence-corrected chi connectivity index (χ2v) is 3.84. The minimum absolute atomic E-state index is 0.559. The van der Waals surface area contributed by atoms with Crippen LogP contribution in [0.5, 0.6) is 0 Å². The van der Waals surface area contributed by atoms with Gasteiger partial charge in [-0.15, -0.1) is 5.11 Å². The summed E-state index contributed by atoms with van der Waals surface area (Å²) in [5.41, 5.74) is -0.463. The SMILES string of the molecule is CC(N=Nc1c(F)c(F)nc(F)c1F)c1ccncc1. The Kier molecular flexibility index (Phi) is 4.02. The third-order valence-corrected chi connectivity index (χ3v) is 2.49. The highest BCUT2D eigenvalue weighted by Gasteiger charge is 2.20. The van der Waals surface area contributed by atoms with Gasteiger partial charge in [0.1, 0.15) is 0 Å². The Morgan fingerprint density at radius 2 is 1.55 bits per heavy atom. The van der Waals surface area contributed by atoms with Crippen molar-refractivity contribution < 1.29 is 17.6 Å². The van der Waals surface area contributed by atoms with Gasteiger partial charge in [-0.1, -0.05) is 0 Å². The van der Waals surface area contributed by atoms with E-state index in [-0.39, 0.29) is 0 Å². The number of hydrogen-bond donors (Lipinski definition) is 0. The Bertz CT molecular complexity index is 619. The van der Waals surface area contributed by atoms with Crippen molar-refractivity contribution in [2.75, 3.05) is 0 Å². The first kappa shape index (κ1) is 14.0. The summed E-state index contributed by atoms with van der Waals surface area (Å²) in [4.78, 5) is 6.22. The molecule has 0 N–H and O–H groups in total. The van der Waals surface area contributed by atoms with Crippen molar-refractivity contribution in [3.05, 3.63) is 53.6 Å². The largest absolute Gasteiger partial charge is 0.265 e. The monoisotopic (exact) mass is 284 g/mol. The zero-order chi connectivity index (χ0) is 14.7. The lowest BCUT2D eigenvalue weighted by atomic mass is 10.1. The summed E-state index contributed by atoms with van der Waals surface area (Å²) in [6, 6.07) is 2.70. The van der Waals surface area contributed by atoms with E-state index in [1.54, 1.807) is 19.1 Å². The van der Waals surface area contributed by atoms with Gasteiger partial charge in [0.25, 0.3) is 11.9 Å². The highest BCUT2D eigenvalue weighted by molar-refractivity contribution is 5.38. The Labute approximate surface area is 111 Å². The summed E-state index contributed by atoms with van der Waals surface area (Å²) in [6.45, 7) is 1.60. The zero-order valence-corrected chi connectivity index (χ0v) is 10.2. The maximum atomic E-state index is 13.3. The van der Waals surface area contributed by atoms with Gasteiger partial charge in [-0.25, -0.2) is 0 Å². The Hall–Kier alpha value is -2.38. The van der Waals surface area contributed by atoms with Crippen LogP contribution in [0.15, 0.2) is 34.8 Å². The summed E-state index contributed by atoms with van der Waals surface area (Å²) in [7, 11) is 0. The van der Waals surface area contributed by atoms with E-state index < -0.39 is 35.3 Å². The summed E-state index contributed by atoms with van der Waals surface area (Å²) >= 11 is 0. The van der Waals surface area contributed by atoms with Crippen LogP contribution in [0.2, 0.25) is 0 Å². The van der Waals surface area contributed by atoms with Crippen molar-refractivity contribution in [1.82, 2.24) is 9.97 Å². The van der Waals surface area contributed by atoms with Crippen LogP contribution in [0.1, 0.15) is 18.5 Å². The number of aromatic nitrogens is 2. The lowest BCUT2D eigenvalue weighted by molar-refractivity contribution is 0.408. The maximum Gasteiger partial charge on any atom is 0.254 e. The maximum absolute atomic E-state index is 13.3. The molecule has 104 valence electrons. The Morgan fingerprint density at radius 1 is 1.00 bits per heavy atom. The van der Waals surface area contributed by atoms with Crippen molar-refractivity contribution in [2.24, 2.45) is 10.2 Å². The van der Waals surface area contributed by atoms with E-state index in [0.717, 1.165) is 0 Å². The summed E-state index contributed by atoms with van der Waals surface area (Å²) in [6.07, 6.45) is 3.02. The minimum Gasteiger partial charge on any atom is -0.265 e. The lowest BCUT2D eigenvalue weighted by Gasteiger charge is -2.05. The van der Waals surface area contributed by atoms with Gasteiger partial charge in [0.05, 0.1) is 6.04 Å². The summed E-state index contributed by atoms with van der Waals surface area (Å²) < 4.78 is 52.3. The van der Waals surface area contributed by atoms with Crippen molar-refractivity contribution in [2.45, 2.75) is 13.0 Å². The van der Waals surface area contributed by atoms with E-state index in [0.29, 0.717) is 5.56 Å². The molecule has 0 aromatic carbocycles. The van der Waals surface area contributed by atoms with Crippen molar-refractivity contribution >= 4 is 5.69 Å². The molecule has 0 saturated carbocycles. The van der Waals surface area contributed by atoms with Gasteiger partial charge < -0.3 is 0 Å². The second-order valence-electron chi connectivity index (χ2n) is 3.84. The average Bonchev–Trinajstić information content (AvgIpc) is 2.46. The van der Waals surface area contributed by atoms with Gasteiger partial charge in [0.15, 0.2) is 5.69 Å². The van der Waals surface area contributed by atoms with E-state index in [4.69, 9.17) is 0 Å². The van der Waals surface area contributed by atoms with Crippen LogP contribution in [0, 0.1) is 23.5 Å². The topological polar surface area (TPSA) is 50.5 Å². The number of rotatable bonds is 3. The molecule has 0 fully saturated rings. The van der Waals surface area contributed by atoms with Crippen molar-refractivity contribution in [1.29, 1.82) is 0 Å². The molecule has 1 unspecified atom stereocenters. The Morgan fingerprint density at radius 3 is 2.10 bits per heavy atom. The summed E-state index contributed by atoms with van der Waals surface area (Å²) in [5, 5.41) is 6.86. The molecule has 0 aliphatic rings. The van der Waals surface area contributed by atoms with Crippen molar-refractivity contribution in [3.8, 4) is 0 Å². The van der Waals surface area contributed by atoms with E-state index >= 15 is 0 Å². The second kappa shape index (κ2) is 5.72. The van der Waals surface area contributed by atoms with Gasteiger partial charge in [-0.3, -0.25) is 4.98 Å². The molecule has 20 heavy (non-hydrogen) atoms. The van der Waals surface area contributed by atoms with Crippen LogP contribution in [-0.2, 0) is 0 Å². The van der Waals surface area contributed by atoms with Crippen LogP contribution < -0.4 is 0 Å². The highest BCUT2D eigenvalue weighted by atomic mass is 19.2. The predicted molar refractivity (Wildman–Crippen MR) is 61.2 cm³/mol. The summed E-state index contributed by atoms with van der Waals surface area (Å²) in [5.74, 6) is -6.91. The molecule has 4 nitrogen and oxygen atoms in total. The molecule has 0 aliphatic heterocycles. The van der Waals surface area contributed by atoms with Gasteiger partial charge in [0.2, 0.25) is 11.6 Å². The lowest BCUT2D eigenvalue weighted by Crippen LogP contribution is -1.99. The van der Waals surface area contributed by atoms with Crippen molar-refractivity contribution in [3.63, 3.8) is 0 Å². The van der Waals surface area contributed by atoms with E-state index in [2.05, 4.69) is 20.2 Å². The fourth-order valence-corrected chi connectivity index (χ4v) is 1.42. The van der Waals surface area contributed by atoms with Gasteiger partial charge >= 0.3 is 0 Å². The third kappa shape index (κ3) is 2.79. The quantitative estimate of drug-likeness (QED) is 0.488. The van der Waals surface area contributed by atoms with Crippen LogP contribution in [0.25, 0.3) is 0 Å². The molecule has 8 heteroatoms. The van der Waals surface area contributed by atoms with Crippen LogP contribution in [0.4, 0.5) is 23.2 Å². The zero-order valence-electron chi connectivity index (χ0n) is 10.2. The molecule has 0 aliphatic carbocycles. The number of nitrogens with zero attached hydrogens (tertiary/aromatic N) is 4. The predicted octanol–water partition coefficient (Wildman–Crippen LogP) is 3.88. The Balaban J connectivity index is 2.33. The smallest absolute Gasteiger partial charge is 0.254 e. The number of azo groups is 1. The van der Waals surface area contributed by atoms with E-state index in [1.165, 1.54) is 12.4 Å². The molecule has 0 amide bonds. The van der Waals surface area contributed by atoms with Gasteiger partial charge in [0, 0.05) is 12.4 Å². The number of halogens is 4. The molecular formula is C12H8F4N4. The first-order chi connectivity index (χ1) is 9.50. The van der Waals surface area contributed by atoms with Gasteiger partial charge in [-0.05, 0) is 24.6 Å². The molecule has 0 bridgehead atoms. The standard InChI is InChI=1S/C12H8F4N4/c1-6(7-2-4-17-5-3-7)19-20-10-8(13)11(15)18-12(16)9(10)14/h2-6H,1H3. The van der Waals surface area contributed by atoms with Gasteiger partial charge in [-0.2, -0.15) is 27.7 Å². The van der Waals surface area contributed by atoms with E-state index in [9.17, 15) is 17.6 Å². The third-order valence-electron chi connectivity index (χ3n) is 2.49. The number of pyridine rings is 2. The molecule has 2 aromatic heterocycles. The van der Waals surface area contributed by atoms with Crippen LogP contribution in [0.3, 0.4) is 0 Å². The first-order valence-electron chi connectivity index (χ1n) is 5.51. The average molecular weight is 284 g/mol. The minimum atomic E-state index is -1.77. The fourth-order valence-electron chi connectivity index (χ4n) is 1.42. The molecule has 2 aromatic rings. The first-order valence-corrected chi connectivity index (χ1v) is 5.51. The molecule has 2 heterocycles. The molecule has 0 spiro atoms. The van der Waals surface area contributed by atoms with E-state index in [1.807, 2.05) is 0 Å². The molecule has 2 rings (SSSR count). The fraction of sp³-hybridized carbons (Fsp3) is 0.167. The molecule has 0 saturated heterocycles. The molecule has 1 atom stereocenters. The van der Waals surface area contributed by atoms with Crippen LogP contribution in [-0.4, -0.2) is 9.97 Å². The molecule has 0 radical (unpaired) electrons. The molecular weight excluding hydrogens is 276 g/mol. The van der Waals surface area contributed by atoms with Crippen LogP contribution >= 0.6 is 0 Å². The highest BCUT2D eigenvalue weighted by Crippen LogP contribution is 2.27.